The predicted octanol–water partition coefficient (Wildman–Crippen LogP) is 2.45. The van der Waals surface area contributed by atoms with Crippen molar-refractivity contribution in [3.8, 4) is 0 Å². The van der Waals surface area contributed by atoms with E-state index in [-0.39, 0.29) is 17.9 Å². The van der Waals surface area contributed by atoms with E-state index in [9.17, 15) is 9.59 Å². The summed E-state index contributed by atoms with van der Waals surface area (Å²) in [6.07, 6.45) is 7.19. The fourth-order valence-electron chi connectivity index (χ4n) is 3.63. The van der Waals surface area contributed by atoms with Crippen LogP contribution in [0.5, 0.6) is 0 Å². The third kappa shape index (κ3) is 4.34. The number of likely N-dealkylation sites (tertiary alicyclic amines) is 1. The van der Waals surface area contributed by atoms with Gasteiger partial charge in [0.1, 0.15) is 0 Å². The van der Waals surface area contributed by atoms with E-state index in [2.05, 4.69) is 29.6 Å². The number of rotatable bonds is 4. The third-order valence-electron chi connectivity index (χ3n) is 4.99. The SMILES string of the molecule is O=C(CCN1CCCCCC1=O)N[C@@H]1CCc2ccccc2C1. The fourth-order valence-corrected chi connectivity index (χ4v) is 3.63. The number of hydrogen-bond donors (Lipinski definition) is 1. The van der Waals surface area contributed by atoms with Gasteiger partial charge in [0.2, 0.25) is 11.8 Å². The van der Waals surface area contributed by atoms with Crippen molar-refractivity contribution >= 4 is 11.8 Å². The first kappa shape index (κ1) is 16.0. The van der Waals surface area contributed by atoms with E-state index in [0.717, 1.165) is 45.1 Å². The van der Waals surface area contributed by atoms with Crippen molar-refractivity contribution in [3.05, 3.63) is 35.4 Å². The Kier molecular flexibility index (Phi) is 5.31. The van der Waals surface area contributed by atoms with Crippen molar-refractivity contribution in [1.82, 2.24) is 10.2 Å². The molecule has 0 unspecified atom stereocenters. The van der Waals surface area contributed by atoms with Crippen LogP contribution in [0.25, 0.3) is 0 Å². The molecule has 0 radical (unpaired) electrons. The van der Waals surface area contributed by atoms with Gasteiger partial charge in [0.25, 0.3) is 0 Å². The summed E-state index contributed by atoms with van der Waals surface area (Å²) in [5.74, 6) is 0.285. The van der Waals surface area contributed by atoms with Crippen LogP contribution in [-0.4, -0.2) is 35.8 Å². The minimum absolute atomic E-state index is 0.0754. The highest BCUT2D eigenvalue weighted by molar-refractivity contribution is 5.79. The number of fused-ring (bicyclic) bond motifs is 1. The minimum atomic E-state index is 0.0754. The molecular formula is C19H26N2O2. The van der Waals surface area contributed by atoms with E-state index >= 15 is 0 Å². The first-order valence-corrected chi connectivity index (χ1v) is 8.86. The summed E-state index contributed by atoms with van der Waals surface area (Å²) in [5, 5.41) is 3.15. The average Bonchev–Trinajstić information content (AvgIpc) is 2.77. The van der Waals surface area contributed by atoms with Crippen LogP contribution in [0, 0.1) is 0 Å². The first-order valence-electron chi connectivity index (χ1n) is 8.86. The summed E-state index contributed by atoms with van der Waals surface area (Å²) in [4.78, 5) is 26.0. The van der Waals surface area contributed by atoms with Crippen LogP contribution >= 0.6 is 0 Å². The van der Waals surface area contributed by atoms with Crippen molar-refractivity contribution in [2.75, 3.05) is 13.1 Å². The van der Waals surface area contributed by atoms with Gasteiger partial charge in [-0.2, -0.15) is 0 Å². The molecule has 124 valence electrons. The minimum Gasteiger partial charge on any atom is -0.353 e. The topological polar surface area (TPSA) is 49.4 Å². The van der Waals surface area contributed by atoms with Crippen molar-refractivity contribution < 1.29 is 9.59 Å². The molecule has 3 rings (SSSR count). The molecule has 1 N–H and O–H groups in total. The predicted molar refractivity (Wildman–Crippen MR) is 90.1 cm³/mol. The molecule has 4 heteroatoms. The summed E-state index contributed by atoms with van der Waals surface area (Å²) < 4.78 is 0. The highest BCUT2D eigenvalue weighted by Crippen LogP contribution is 2.21. The first-order chi connectivity index (χ1) is 11.2. The van der Waals surface area contributed by atoms with Gasteiger partial charge in [0, 0.05) is 32.0 Å². The zero-order valence-electron chi connectivity index (χ0n) is 13.7. The Hall–Kier alpha value is -1.84. The lowest BCUT2D eigenvalue weighted by molar-refractivity contribution is -0.131. The Balaban J connectivity index is 1.46. The van der Waals surface area contributed by atoms with Crippen LogP contribution in [0.1, 0.15) is 49.7 Å². The molecule has 1 fully saturated rings. The van der Waals surface area contributed by atoms with Gasteiger partial charge in [-0.15, -0.1) is 0 Å². The van der Waals surface area contributed by atoms with Gasteiger partial charge < -0.3 is 10.2 Å². The van der Waals surface area contributed by atoms with Gasteiger partial charge >= 0.3 is 0 Å². The van der Waals surface area contributed by atoms with Gasteiger partial charge in [0.15, 0.2) is 0 Å². The highest BCUT2D eigenvalue weighted by atomic mass is 16.2. The van der Waals surface area contributed by atoms with Crippen molar-refractivity contribution in [2.45, 2.75) is 57.4 Å². The van der Waals surface area contributed by atoms with Crippen molar-refractivity contribution in [2.24, 2.45) is 0 Å². The second-order valence-corrected chi connectivity index (χ2v) is 6.72. The van der Waals surface area contributed by atoms with Crippen molar-refractivity contribution in [1.29, 1.82) is 0 Å². The smallest absolute Gasteiger partial charge is 0.222 e. The van der Waals surface area contributed by atoms with Crippen LogP contribution in [-0.2, 0) is 22.4 Å². The maximum atomic E-state index is 12.2. The lowest BCUT2D eigenvalue weighted by Crippen LogP contribution is -2.41. The molecule has 0 spiro atoms. The number of benzene rings is 1. The van der Waals surface area contributed by atoms with Crippen LogP contribution < -0.4 is 5.32 Å². The number of carbonyl (C=O) groups is 2. The summed E-state index contributed by atoms with van der Waals surface area (Å²) in [6.45, 7) is 1.37. The molecule has 0 saturated carbocycles. The highest BCUT2D eigenvalue weighted by Gasteiger charge is 2.21. The number of carbonyl (C=O) groups excluding carboxylic acids is 2. The maximum absolute atomic E-state index is 12.2. The number of aryl methyl sites for hydroxylation is 1. The Morgan fingerprint density at radius 2 is 1.96 bits per heavy atom. The fraction of sp³-hybridized carbons (Fsp3) is 0.579. The van der Waals surface area contributed by atoms with Crippen LogP contribution in [0.4, 0.5) is 0 Å². The number of amides is 2. The molecule has 1 aromatic carbocycles. The van der Waals surface area contributed by atoms with Crippen molar-refractivity contribution in [3.63, 3.8) is 0 Å². The molecule has 1 aromatic rings. The van der Waals surface area contributed by atoms with Crippen LogP contribution in [0.3, 0.4) is 0 Å². The molecule has 2 amide bonds. The largest absolute Gasteiger partial charge is 0.353 e. The van der Waals surface area contributed by atoms with Gasteiger partial charge in [0.05, 0.1) is 0 Å². The third-order valence-corrected chi connectivity index (χ3v) is 4.99. The van der Waals surface area contributed by atoms with Gasteiger partial charge in [-0.25, -0.2) is 0 Å². The Morgan fingerprint density at radius 3 is 2.83 bits per heavy atom. The van der Waals surface area contributed by atoms with Crippen LogP contribution in [0.2, 0.25) is 0 Å². The lowest BCUT2D eigenvalue weighted by Gasteiger charge is -2.26. The van der Waals surface area contributed by atoms with Gasteiger partial charge in [-0.05, 0) is 43.2 Å². The number of nitrogens with zero attached hydrogens (tertiary/aromatic N) is 1. The molecule has 0 aromatic heterocycles. The molecule has 23 heavy (non-hydrogen) atoms. The molecule has 1 atom stereocenters. The maximum Gasteiger partial charge on any atom is 0.222 e. The molecule has 1 aliphatic carbocycles. The lowest BCUT2D eigenvalue weighted by atomic mass is 9.88. The zero-order chi connectivity index (χ0) is 16.1. The van der Waals surface area contributed by atoms with Gasteiger partial charge in [-0.3, -0.25) is 9.59 Å². The van der Waals surface area contributed by atoms with Crippen LogP contribution in [0.15, 0.2) is 24.3 Å². The number of nitrogens with one attached hydrogen (secondary N) is 1. The van der Waals surface area contributed by atoms with E-state index < -0.39 is 0 Å². The molecule has 2 aliphatic rings. The Morgan fingerprint density at radius 1 is 1.13 bits per heavy atom. The summed E-state index contributed by atoms with van der Waals surface area (Å²) in [7, 11) is 0. The molecule has 1 saturated heterocycles. The van der Waals surface area contributed by atoms with E-state index in [0.29, 0.717) is 19.4 Å². The van der Waals surface area contributed by atoms with E-state index in [1.165, 1.54) is 11.1 Å². The Labute approximate surface area is 138 Å². The average molecular weight is 314 g/mol. The zero-order valence-corrected chi connectivity index (χ0v) is 13.7. The number of hydrogen-bond acceptors (Lipinski definition) is 2. The van der Waals surface area contributed by atoms with Gasteiger partial charge in [-0.1, -0.05) is 30.7 Å². The second kappa shape index (κ2) is 7.62. The van der Waals surface area contributed by atoms with E-state index in [1.54, 1.807) is 0 Å². The molecule has 4 nitrogen and oxygen atoms in total. The standard InChI is InChI=1S/C19H26N2O2/c22-18(11-13-21-12-5-1-2-8-19(21)23)20-17-10-9-15-6-3-4-7-16(15)14-17/h3-4,6-7,17H,1-2,5,8-14H2,(H,20,22)/t17-/m1/s1. The molecular weight excluding hydrogens is 288 g/mol. The Bertz CT molecular complexity index is 570. The quantitative estimate of drug-likeness (QED) is 0.928. The summed E-state index contributed by atoms with van der Waals surface area (Å²) in [5.41, 5.74) is 2.76. The monoisotopic (exact) mass is 314 g/mol. The summed E-state index contributed by atoms with van der Waals surface area (Å²) in [6, 6.07) is 8.71. The molecule has 1 aliphatic heterocycles. The summed E-state index contributed by atoms with van der Waals surface area (Å²) >= 11 is 0. The normalized spacial score (nSPS) is 21.5. The van der Waals surface area contributed by atoms with E-state index in [1.807, 2.05) is 4.90 Å². The van der Waals surface area contributed by atoms with E-state index in [4.69, 9.17) is 0 Å². The molecule has 1 heterocycles. The second-order valence-electron chi connectivity index (χ2n) is 6.72. The molecule has 0 bridgehead atoms.